The molecule has 0 aliphatic carbocycles. The fraction of sp³-hybridized carbons (Fsp3) is 0.333. The normalized spacial score (nSPS) is 19.1. The minimum absolute atomic E-state index is 0.0303. The van der Waals surface area contributed by atoms with Gasteiger partial charge < -0.3 is 15.4 Å². The number of hydrogen-bond donors (Lipinski definition) is 2. The van der Waals surface area contributed by atoms with Gasteiger partial charge in [-0.1, -0.05) is 29.5 Å². The van der Waals surface area contributed by atoms with Crippen LogP contribution in [0.5, 0.6) is 0 Å². The van der Waals surface area contributed by atoms with E-state index in [-0.39, 0.29) is 30.5 Å². The Morgan fingerprint density at radius 2 is 2.07 bits per heavy atom. The fourth-order valence-corrected chi connectivity index (χ4v) is 3.64. The fourth-order valence-electron chi connectivity index (χ4n) is 3.64. The van der Waals surface area contributed by atoms with E-state index in [2.05, 4.69) is 20.9 Å². The molecule has 2 heterocycles. The van der Waals surface area contributed by atoms with Crippen molar-refractivity contribution in [2.75, 3.05) is 11.9 Å². The predicted octanol–water partition coefficient (Wildman–Crippen LogP) is 2.43. The van der Waals surface area contributed by atoms with Crippen LogP contribution in [0, 0.1) is 0 Å². The van der Waals surface area contributed by atoms with E-state index in [1.54, 1.807) is 4.68 Å². The summed E-state index contributed by atoms with van der Waals surface area (Å²) in [5.74, 6) is -0.212. The molecule has 0 unspecified atom stereocenters. The summed E-state index contributed by atoms with van der Waals surface area (Å²) in [6.07, 6.45) is 1.40. The average Bonchev–Trinajstić information content (AvgIpc) is 3.11. The summed E-state index contributed by atoms with van der Waals surface area (Å²) < 4.78 is 7.46. The van der Waals surface area contributed by atoms with Gasteiger partial charge in [0.25, 0.3) is 0 Å². The molecule has 1 aliphatic heterocycles. The maximum Gasteiger partial charge on any atom is 0.246 e. The smallest absolute Gasteiger partial charge is 0.246 e. The lowest BCUT2D eigenvalue weighted by Crippen LogP contribution is -2.38. The third-order valence-electron chi connectivity index (χ3n) is 4.95. The molecule has 1 saturated heterocycles. The van der Waals surface area contributed by atoms with E-state index in [0.717, 1.165) is 23.0 Å². The van der Waals surface area contributed by atoms with Crippen molar-refractivity contribution in [3.63, 3.8) is 0 Å². The molecule has 1 fully saturated rings. The number of carbonyl (C=O) groups is 2. The number of anilines is 1. The van der Waals surface area contributed by atoms with Crippen molar-refractivity contribution in [2.24, 2.45) is 0 Å². The first kappa shape index (κ1) is 19.1. The number of nitrogens with one attached hydrogen (secondary N) is 2. The van der Waals surface area contributed by atoms with E-state index in [1.165, 1.54) is 6.92 Å². The number of nitrogens with zero attached hydrogens (tertiary/aromatic N) is 3. The number of carbonyl (C=O) groups excluding carboxylic acids is 2. The van der Waals surface area contributed by atoms with Gasteiger partial charge in [0.05, 0.1) is 11.6 Å². The maximum absolute atomic E-state index is 12.5. The van der Waals surface area contributed by atoms with Crippen molar-refractivity contribution in [3.05, 3.63) is 54.1 Å². The van der Waals surface area contributed by atoms with Gasteiger partial charge in [-0.3, -0.25) is 9.59 Å². The minimum Gasteiger partial charge on any atom is -0.373 e. The lowest BCUT2D eigenvalue weighted by Gasteiger charge is -2.30. The van der Waals surface area contributed by atoms with Gasteiger partial charge in [0.15, 0.2) is 0 Å². The van der Waals surface area contributed by atoms with Crippen LogP contribution in [0.2, 0.25) is 0 Å². The molecule has 1 aliphatic rings. The molecule has 3 aromatic rings. The van der Waals surface area contributed by atoms with Crippen molar-refractivity contribution < 1.29 is 14.3 Å². The quantitative estimate of drug-likeness (QED) is 0.694. The zero-order valence-corrected chi connectivity index (χ0v) is 16.2. The van der Waals surface area contributed by atoms with Crippen LogP contribution in [0.4, 0.5) is 5.69 Å². The Morgan fingerprint density at radius 3 is 2.93 bits per heavy atom. The summed E-state index contributed by atoms with van der Waals surface area (Å²) in [6.45, 7) is 2.19. The van der Waals surface area contributed by atoms with Crippen LogP contribution in [0.25, 0.3) is 11.0 Å². The molecule has 2 amide bonds. The Morgan fingerprint density at radius 1 is 1.21 bits per heavy atom. The number of benzene rings is 2. The first-order valence-corrected chi connectivity index (χ1v) is 9.65. The lowest BCUT2D eigenvalue weighted by molar-refractivity contribution is -0.121. The molecule has 2 aromatic carbocycles. The van der Waals surface area contributed by atoms with E-state index in [1.807, 2.05) is 48.5 Å². The molecule has 0 radical (unpaired) electrons. The Bertz CT molecular complexity index is 1030. The molecule has 0 bridgehead atoms. The molecule has 1 aromatic heterocycles. The largest absolute Gasteiger partial charge is 0.373 e. The van der Waals surface area contributed by atoms with Crippen LogP contribution in [0.1, 0.15) is 31.4 Å². The first-order valence-electron chi connectivity index (χ1n) is 9.65. The van der Waals surface area contributed by atoms with Crippen molar-refractivity contribution in [1.82, 2.24) is 20.3 Å². The summed E-state index contributed by atoms with van der Waals surface area (Å²) in [6, 6.07) is 15.2. The van der Waals surface area contributed by atoms with Crippen LogP contribution < -0.4 is 10.6 Å². The van der Waals surface area contributed by atoms with Gasteiger partial charge in [0, 0.05) is 25.3 Å². The number of para-hydroxylation sites is 1. The van der Waals surface area contributed by atoms with Gasteiger partial charge >= 0.3 is 0 Å². The third kappa shape index (κ3) is 4.60. The van der Waals surface area contributed by atoms with Crippen LogP contribution in [0.15, 0.2) is 48.5 Å². The first-order chi connectivity index (χ1) is 14.1. The zero-order chi connectivity index (χ0) is 20.2. The molecule has 8 heteroatoms. The highest BCUT2D eigenvalue weighted by Crippen LogP contribution is 2.29. The van der Waals surface area contributed by atoms with E-state index >= 15 is 0 Å². The van der Waals surface area contributed by atoms with Gasteiger partial charge in [0.1, 0.15) is 12.1 Å². The highest BCUT2D eigenvalue weighted by Gasteiger charge is 2.24. The number of ether oxygens (including phenoxy) is 1. The number of aromatic nitrogens is 3. The molecule has 150 valence electrons. The Kier molecular flexibility index (Phi) is 5.53. The van der Waals surface area contributed by atoms with E-state index < -0.39 is 0 Å². The highest BCUT2D eigenvalue weighted by atomic mass is 16.5. The van der Waals surface area contributed by atoms with E-state index in [4.69, 9.17) is 4.74 Å². The second-order valence-electron chi connectivity index (χ2n) is 7.19. The highest BCUT2D eigenvalue weighted by molar-refractivity contribution is 5.91. The standard InChI is InChI=1S/C21H23N5O3/c1-14(27)22-17-9-10-29-20(12-17)15-5-4-6-16(11-15)23-21(28)13-26-19-8-3-2-7-18(19)24-25-26/h2-8,11,17,20H,9-10,12-13H2,1H3,(H,22,27)(H,23,28)/t17-,20+/m0/s1. The Hall–Kier alpha value is -3.26. The summed E-state index contributed by atoms with van der Waals surface area (Å²) in [5, 5.41) is 14.0. The molecule has 8 nitrogen and oxygen atoms in total. The van der Waals surface area contributed by atoms with E-state index in [0.29, 0.717) is 18.7 Å². The Balaban J connectivity index is 1.42. The molecular weight excluding hydrogens is 370 g/mol. The summed E-state index contributed by atoms with van der Waals surface area (Å²) in [7, 11) is 0. The van der Waals surface area contributed by atoms with Crippen molar-refractivity contribution in [2.45, 2.75) is 38.5 Å². The minimum atomic E-state index is -0.182. The number of hydrogen-bond acceptors (Lipinski definition) is 5. The summed E-state index contributed by atoms with van der Waals surface area (Å²) >= 11 is 0. The van der Waals surface area contributed by atoms with Crippen molar-refractivity contribution in [3.8, 4) is 0 Å². The molecule has 2 N–H and O–H groups in total. The van der Waals surface area contributed by atoms with Crippen molar-refractivity contribution in [1.29, 1.82) is 0 Å². The average molecular weight is 393 g/mol. The van der Waals surface area contributed by atoms with Crippen LogP contribution in [-0.4, -0.2) is 39.5 Å². The molecule has 0 saturated carbocycles. The van der Waals surface area contributed by atoms with Gasteiger partial charge in [-0.15, -0.1) is 5.10 Å². The van der Waals surface area contributed by atoms with Crippen LogP contribution in [-0.2, 0) is 20.9 Å². The van der Waals surface area contributed by atoms with Gasteiger partial charge in [-0.2, -0.15) is 0 Å². The maximum atomic E-state index is 12.5. The second kappa shape index (κ2) is 8.40. The summed E-state index contributed by atoms with van der Waals surface area (Å²) in [5.41, 5.74) is 3.24. The summed E-state index contributed by atoms with van der Waals surface area (Å²) in [4.78, 5) is 23.8. The number of rotatable bonds is 5. The van der Waals surface area contributed by atoms with Crippen molar-refractivity contribution >= 4 is 28.5 Å². The van der Waals surface area contributed by atoms with Gasteiger partial charge in [-0.25, -0.2) is 4.68 Å². The molecule has 2 atom stereocenters. The number of amides is 2. The second-order valence-corrected chi connectivity index (χ2v) is 7.19. The van der Waals surface area contributed by atoms with E-state index in [9.17, 15) is 9.59 Å². The van der Waals surface area contributed by atoms with Gasteiger partial charge in [0.2, 0.25) is 11.8 Å². The molecule has 0 spiro atoms. The SMILES string of the molecule is CC(=O)N[C@H]1CCO[C@@H](c2cccc(NC(=O)Cn3nnc4ccccc43)c2)C1. The monoisotopic (exact) mass is 393 g/mol. The molecular formula is C21H23N5O3. The molecule has 4 rings (SSSR count). The molecule has 29 heavy (non-hydrogen) atoms. The lowest BCUT2D eigenvalue weighted by atomic mass is 9.97. The van der Waals surface area contributed by atoms with Gasteiger partial charge in [-0.05, 0) is 42.7 Å². The third-order valence-corrected chi connectivity index (χ3v) is 4.95. The number of fused-ring (bicyclic) bond motifs is 1. The Labute approximate surface area is 168 Å². The van der Waals surface area contributed by atoms with Crippen LogP contribution >= 0.6 is 0 Å². The topological polar surface area (TPSA) is 98.1 Å². The predicted molar refractivity (Wildman–Crippen MR) is 108 cm³/mol. The zero-order valence-electron chi connectivity index (χ0n) is 16.2. The van der Waals surface area contributed by atoms with Crippen LogP contribution in [0.3, 0.4) is 0 Å².